The maximum Gasteiger partial charge on any atom is 0.326 e. The van der Waals surface area contributed by atoms with Crippen LogP contribution in [0.25, 0.3) is 22.3 Å². The molecule has 3 aliphatic rings. The van der Waals surface area contributed by atoms with Gasteiger partial charge < -0.3 is 15.5 Å². The maximum absolute atomic E-state index is 13.1. The molecule has 3 fully saturated rings. The first-order valence-electron chi connectivity index (χ1n) is 10.5. The molecule has 0 unspecified atom stereocenters. The zero-order chi connectivity index (χ0) is 22.7. The highest BCUT2D eigenvalue weighted by molar-refractivity contribution is 7.17. The summed E-state index contributed by atoms with van der Waals surface area (Å²) in [4.78, 5) is 43.5. The molecule has 2 saturated heterocycles. The molecule has 33 heavy (non-hydrogen) atoms. The fraction of sp³-hybridized carbons (Fsp3) is 0.286. The normalized spacial score (nSPS) is 19.7. The first-order valence-corrected chi connectivity index (χ1v) is 11.3. The molecule has 0 atom stereocenters. The number of carbonyl (C=O) groups excluding carboxylic acids is 3. The Balaban J connectivity index is 1.39. The smallest absolute Gasteiger partial charge is 0.326 e. The Bertz CT molecular complexity index is 1350. The van der Waals surface area contributed by atoms with Crippen LogP contribution in [-0.2, 0) is 4.79 Å². The molecule has 5 heterocycles. The molecule has 12 heteroatoms. The van der Waals surface area contributed by atoms with Gasteiger partial charge in [-0.1, -0.05) is 0 Å². The number of anilines is 1. The van der Waals surface area contributed by atoms with Crippen molar-refractivity contribution in [2.24, 2.45) is 0 Å². The number of nitrogens with one attached hydrogen (secondary N) is 3. The Morgan fingerprint density at radius 1 is 1.24 bits per heavy atom. The van der Waals surface area contributed by atoms with Crippen LogP contribution in [0, 0.1) is 0 Å². The first kappa shape index (κ1) is 19.9. The molecule has 0 bridgehead atoms. The number of thiophene rings is 1. The Hall–Kier alpha value is -3.80. The number of nitrogens with zero attached hydrogens (tertiary/aromatic N) is 4. The van der Waals surface area contributed by atoms with Crippen molar-refractivity contribution in [2.75, 3.05) is 18.4 Å². The Kier molecular flexibility index (Phi) is 4.43. The fourth-order valence-electron chi connectivity index (χ4n) is 3.72. The molecule has 1 aliphatic carbocycles. The van der Waals surface area contributed by atoms with E-state index in [9.17, 15) is 18.8 Å². The summed E-state index contributed by atoms with van der Waals surface area (Å²) in [6, 6.07) is 5.20. The SMILES string of the molecule is O=C1NC(=O)/C(=C/c2cnn3c(NC4CC4)cc(-c4ccc(C(=O)N5CC(F)C5)s4)nc23)N1. The quantitative estimate of drug-likeness (QED) is 0.390. The van der Waals surface area contributed by atoms with Gasteiger partial charge in [-0.15, -0.1) is 11.3 Å². The first-order chi connectivity index (χ1) is 15.9. The summed E-state index contributed by atoms with van der Waals surface area (Å²) in [6.45, 7) is 0.257. The van der Waals surface area contributed by atoms with Crippen LogP contribution in [0.2, 0.25) is 0 Å². The predicted octanol–water partition coefficient (Wildman–Crippen LogP) is 2.01. The molecule has 1 saturated carbocycles. The standard InChI is InChI=1S/C21H18FN7O3S/c22-11-8-28(9-11)20(31)16-4-3-15(33-16)13-6-17(24-12-1-2-12)29-18(25-13)10(7-23-29)5-14-19(30)27-21(32)26-14/h3-7,11-12,24H,1-2,8-9H2,(H2,26,27,30,32)/b14-5-. The van der Waals surface area contributed by atoms with Crippen molar-refractivity contribution in [1.29, 1.82) is 0 Å². The fourth-order valence-corrected chi connectivity index (χ4v) is 4.66. The number of imide groups is 1. The van der Waals surface area contributed by atoms with Crippen molar-refractivity contribution in [3.8, 4) is 10.6 Å². The zero-order valence-electron chi connectivity index (χ0n) is 17.2. The molecular formula is C21H18FN7O3S. The number of halogens is 1. The van der Waals surface area contributed by atoms with Gasteiger partial charge >= 0.3 is 6.03 Å². The van der Waals surface area contributed by atoms with Crippen LogP contribution in [0.5, 0.6) is 0 Å². The molecule has 168 valence electrons. The van der Waals surface area contributed by atoms with Gasteiger partial charge in [0.15, 0.2) is 5.65 Å². The Morgan fingerprint density at radius 3 is 2.76 bits per heavy atom. The van der Waals surface area contributed by atoms with Crippen LogP contribution >= 0.6 is 11.3 Å². The molecule has 2 aliphatic heterocycles. The molecule has 3 aromatic heterocycles. The van der Waals surface area contributed by atoms with Gasteiger partial charge in [0.1, 0.15) is 17.7 Å². The van der Waals surface area contributed by atoms with Crippen molar-refractivity contribution < 1.29 is 18.8 Å². The average Bonchev–Trinajstić information content (AvgIpc) is 3.16. The van der Waals surface area contributed by atoms with Gasteiger partial charge in [0.05, 0.1) is 34.7 Å². The monoisotopic (exact) mass is 467 g/mol. The van der Waals surface area contributed by atoms with E-state index in [2.05, 4.69) is 21.0 Å². The highest BCUT2D eigenvalue weighted by Gasteiger charge is 2.32. The van der Waals surface area contributed by atoms with Crippen molar-refractivity contribution in [2.45, 2.75) is 25.1 Å². The van der Waals surface area contributed by atoms with E-state index in [0.717, 1.165) is 23.5 Å². The minimum absolute atomic E-state index is 0.114. The molecule has 4 amide bonds. The van der Waals surface area contributed by atoms with Crippen molar-refractivity contribution in [1.82, 2.24) is 30.1 Å². The predicted molar refractivity (Wildman–Crippen MR) is 118 cm³/mol. The lowest BCUT2D eigenvalue weighted by molar-refractivity contribution is -0.115. The summed E-state index contributed by atoms with van der Waals surface area (Å²) in [6.07, 6.45) is 4.28. The third-order valence-electron chi connectivity index (χ3n) is 5.64. The number of urea groups is 1. The minimum atomic E-state index is -0.949. The third-order valence-corrected chi connectivity index (χ3v) is 6.74. The van der Waals surface area contributed by atoms with E-state index in [1.165, 1.54) is 22.3 Å². The lowest BCUT2D eigenvalue weighted by Crippen LogP contribution is -2.51. The van der Waals surface area contributed by atoms with Gasteiger partial charge in [-0.3, -0.25) is 14.9 Å². The van der Waals surface area contributed by atoms with Crippen LogP contribution in [-0.4, -0.2) is 62.6 Å². The van der Waals surface area contributed by atoms with Gasteiger partial charge in [0.2, 0.25) is 0 Å². The number of fused-ring (bicyclic) bond motifs is 1. The van der Waals surface area contributed by atoms with E-state index < -0.39 is 18.1 Å². The topological polar surface area (TPSA) is 121 Å². The molecule has 0 aromatic carbocycles. The molecule has 3 N–H and O–H groups in total. The largest absolute Gasteiger partial charge is 0.367 e. The van der Waals surface area contributed by atoms with Crippen molar-refractivity contribution >= 4 is 46.7 Å². The summed E-state index contributed by atoms with van der Waals surface area (Å²) < 4.78 is 14.8. The minimum Gasteiger partial charge on any atom is -0.367 e. The summed E-state index contributed by atoms with van der Waals surface area (Å²) in [5.41, 5.74) is 1.82. The van der Waals surface area contributed by atoms with E-state index in [4.69, 9.17) is 4.98 Å². The van der Waals surface area contributed by atoms with E-state index in [1.54, 1.807) is 16.8 Å². The Labute approximate surface area is 190 Å². The molecule has 0 radical (unpaired) electrons. The summed E-state index contributed by atoms with van der Waals surface area (Å²) in [5.74, 6) is 0.0384. The number of hydrogen-bond donors (Lipinski definition) is 3. The van der Waals surface area contributed by atoms with Gasteiger partial charge in [0.25, 0.3) is 11.8 Å². The average molecular weight is 467 g/mol. The van der Waals surface area contributed by atoms with Crippen LogP contribution in [0.4, 0.5) is 15.0 Å². The van der Waals surface area contributed by atoms with Crippen LogP contribution in [0.15, 0.2) is 30.1 Å². The lowest BCUT2D eigenvalue weighted by atomic mass is 10.2. The van der Waals surface area contributed by atoms with Gasteiger partial charge in [-0.05, 0) is 31.1 Å². The number of rotatable bonds is 5. The Morgan fingerprint density at radius 2 is 2.06 bits per heavy atom. The van der Waals surface area contributed by atoms with Crippen molar-refractivity contribution in [3.63, 3.8) is 0 Å². The number of amides is 4. The van der Waals surface area contributed by atoms with Gasteiger partial charge in [-0.2, -0.15) is 9.61 Å². The van der Waals surface area contributed by atoms with Crippen molar-refractivity contribution in [3.05, 3.63) is 40.5 Å². The highest BCUT2D eigenvalue weighted by atomic mass is 32.1. The lowest BCUT2D eigenvalue weighted by Gasteiger charge is -2.33. The van der Waals surface area contributed by atoms with E-state index in [-0.39, 0.29) is 24.7 Å². The highest BCUT2D eigenvalue weighted by Crippen LogP contribution is 2.33. The number of aromatic nitrogens is 3. The number of likely N-dealkylation sites (tertiary alicyclic amines) is 1. The second-order valence-corrected chi connectivity index (χ2v) is 9.30. The number of alkyl halides is 1. The summed E-state index contributed by atoms with van der Waals surface area (Å²) >= 11 is 1.30. The van der Waals surface area contributed by atoms with Crippen LogP contribution < -0.4 is 16.0 Å². The van der Waals surface area contributed by atoms with E-state index in [1.807, 2.05) is 12.1 Å². The number of hydrogen-bond acceptors (Lipinski definition) is 7. The molecule has 6 rings (SSSR count). The van der Waals surface area contributed by atoms with E-state index >= 15 is 0 Å². The zero-order valence-corrected chi connectivity index (χ0v) is 18.0. The second kappa shape index (κ2) is 7.37. The van der Waals surface area contributed by atoms with E-state index in [0.29, 0.717) is 27.8 Å². The molecule has 0 spiro atoms. The third kappa shape index (κ3) is 3.61. The summed E-state index contributed by atoms with van der Waals surface area (Å²) in [5, 5.41) is 12.5. The van der Waals surface area contributed by atoms with Crippen LogP contribution in [0.3, 0.4) is 0 Å². The van der Waals surface area contributed by atoms with Gasteiger partial charge in [0, 0.05) is 17.7 Å². The maximum atomic E-state index is 13.1. The summed E-state index contributed by atoms with van der Waals surface area (Å²) in [7, 11) is 0. The van der Waals surface area contributed by atoms with Gasteiger partial charge in [-0.25, -0.2) is 14.2 Å². The molecular weight excluding hydrogens is 449 g/mol. The molecule has 10 nitrogen and oxygen atoms in total. The number of carbonyl (C=O) groups is 3. The molecule has 3 aromatic rings. The second-order valence-electron chi connectivity index (χ2n) is 8.22. The van der Waals surface area contributed by atoms with Crippen LogP contribution in [0.1, 0.15) is 28.1 Å².